The molecule has 0 saturated carbocycles. The van der Waals surface area contributed by atoms with Crippen LogP contribution in [-0.4, -0.2) is 22.7 Å². The van der Waals surface area contributed by atoms with E-state index >= 15 is 0 Å². The standard InChI is InChI=1S/C14H18BrNO/c1-11-13(17)16(10-14(11,2)9-15)8-12-6-4-3-5-7-12/h3-7,11H,8-10H2,1-2H3/t11-,14-/m1/s1. The number of nitrogens with zero attached hydrogens (tertiary/aromatic N) is 1. The molecule has 0 unspecified atom stereocenters. The van der Waals surface area contributed by atoms with Crippen molar-refractivity contribution in [3.63, 3.8) is 0 Å². The summed E-state index contributed by atoms with van der Waals surface area (Å²) in [6, 6.07) is 10.2. The highest BCUT2D eigenvalue weighted by Crippen LogP contribution is 2.38. The Morgan fingerprint density at radius 3 is 2.59 bits per heavy atom. The molecule has 1 heterocycles. The third kappa shape index (κ3) is 2.39. The third-order valence-electron chi connectivity index (χ3n) is 3.80. The van der Waals surface area contributed by atoms with Gasteiger partial charge in [-0.2, -0.15) is 0 Å². The van der Waals surface area contributed by atoms with E-state index in [2.05, 4.69) is 35.0 Å². The summed E-state index contributed by atoms with van der Waals surface area (Å²) in [5.41, 5.74) is 1.26. The van der Waals surface area contributed by atoms with Gasteiger partial charge in [0, 0.05) is 29.8 Å². The smallest absolute Gasteiger partial charge is 0.226 e. The lowest BCUT2D eigenvalue weighted by Gasteiger charge is -2.24. The van der Waals surface area contributed by atoms with Gasteiger partial charge in [-0.15, -0.1) is 0 Å². The molecule has 0 N–H and O–H groups in total. The number of carbonyl (C=O) groups is 1. The van der Waals surface area contributed by atoms with Crippen molar-refractivity contribution in [3.8, 4) is 0 Å². The Morgan fingerprint density at radius 2 is 2.06 bits per heavy atom. The van der Waals surface area contributed by atoms with Crippen molar-refractivity contribution >= 4 is 21.8 Å². The van der Waals surface area contributed by atoms with Crippen LogP contribution in [0.5, 0.6) is 0 Å². The van der Waals surface area contributed by atoms with Crippen LogP contribution in [0.3, 0.4) is 0 Å². The van der Waals surface area contributed by atoms with E-state index in [1.165, 1.54) is 5.56 Å². The van der Waals surface area contributed by atoms with Crippen molar-refractivity contribution in [1.82, 2.24) is 4.90 Å². The second-order valence-corrected chi connectivity index (χ2v) is 5.75. The van der Waals surface area contributed by atoms with Gasteiger partial charge in [0.25, 0.3) is 0 Å². The fourth-order valence-corrected chi connectivity index (χ4v) is 2.98. The van der Waals surface area contributed by atoms with Gasteiger partial charge in [0.1, 0.15) is 0 Å². The van der Waals surface area contributed by atoms with Gasteiger partial charge in [-0.3, -0.25) is 4.79 Å². The van der Waals surface area contributed by atoms with E-state index in [1.54, 1.807) is 0 Å². The fourth-order valence-electron chi connectivity index (χ4n) is 2.32. The molecule has 1 aliphatic rings. The van der Waals surface area contributed by atoms with E-state index in [9.17, 15) is 4.79 Å². The summed E-state index contributed by atoms with van der Waals surface area (Å²) < 4.78 is 0. The first-order valence-corrected chi connectivity index (χ1v) is 7.07. The maximum atomic E-state index is 12.2. The lowest BCUT2D eigenvalue weighted by atomic mass is 9.83. The van der Waals surface area contributed by atoms with Crippen LogP contribution in [0.4, 0.5) is 0 Å². The van der Waals surface area contributed by atoms with Crippen LogP contribution in [-0.2, 0) is 11.3 Å². The zero-order valence-electron chi connectivity index (χ0n) is 10.3. The highest BCUT2D eigenvalue weighted by atomic mass is 79.9. The summed E-state index contributed by atoms with van der Waals surface area (Å²) in [6.45, 7) is 5.78. The molecule has 17 heavy (non-hydrogen) atoms. The maximum absolute atomic E-state index is 12.2. The molecule has 2 atom stereocenters. The largest absolute Gasteiger partial charge is 0.338 e. The lowest BCUT2D eigenvalue weighted by molar-refractivity contribution is -0.131. The van der Waals surface area contributed by atoms with Crippen LogP contribution in [0.1, 0.15) is 19.4 Å². The SMILES string of the molecule is C[C@@H]1C(=O)N(Cc2ccccc2)C[C@@]1(C)CBr. The molecule has 1 fully saturated rings. The molecule has 0 radical (unpaired) electrons. The molecule has 1 aliphatic heterocycles. The molecule has 1 amide bonds. The Hall–Kier alpha value is -0.830. The molecule has 0 aliphatic carbocycles. The number of halogens is 1. The molecule has 0 aromatic heterocycles. The summed E-state index contributed by atoms with van der Waals surface area (Å²) in [7, 11) is 0. The van der Waals surface area contributed by atoms with E-state index in [0.717, 1.165) is 18.4 Å². The molecular weight excluding hydrogens is 278 g/mol. The summed E-state index contributed by atoms with van der Waals surface area (Å²) in [5.74, 6) is 0.376. The predicted octanol–water partition coefficient (Wildman–Crippen LogP) is 3.07. The first-order chi connectivity index (χ1) is 8.07. The Balaban J connectivity index is 2.12. The maximum Gasteiger partial charge on any atom is 0.226 e. The topological polar surface area (TPSA) is 20.3 Å². The van der Waals surface area contributed by atoms with Gasteiger partial charge in [0.2, 0.25) is 5.91 Å². The summed E-state index contributed by atoms with van der Waals surface area (Å²) in [4.78, 5) is 14.2. The van der Waals surface area contributed by atoms with Crippen LogP contribution in [0, 0.1) is 11.3 Å². The molecule has 1 aromatic carbocycles. The van der Waals surface area contributed by atoms with Crippen LogP contribution >= 0.6 is 15.9 Å². The summed E-state index contributed by atoms with van der Waals surface area (Å²) in [5, 5.41) is 0.873. The van der Waals surface area contributed by atoms with Crippen molar-refractivity contribution < 1.29 is 4.79 Å². The minimum Gasteiger partial charge on any atom is -0.338 e. The normalized spacial score (nSPS) is 28.8. The number of rotatable bonds is 3. The molecule has 0 bridgehead atoms. The number of likely N-dealkylation sites (tertiary alicyclic amines) is 1. The monoisotopic (exact) mass is 295 g/mol. The van der Waals surface area contributed by atoms with Gasteiger partial charge in [-0.25, -0.2) is 0 Å². The Labute approximate surface area is 111 Å². The number of benzene rings is 1. The molecule has 1 aromatic rings. The first kappa shape index (κ1) is 12.6. The van der Waals surface area contributed by atoms with E-state index in [4.69, 9.17) is 0 Å². The van der Waals surface area contributed by atoms with Gasteiger partial charge in [0.15, 0.2) is 0 Å². The second kappa shape index (κ2) is 4.81. The molecular formula is C14H18BrNO. The van der Waals surface area contributed by atoms with Crippen LogP contribution in [0.25, 0.3) is 0 Å². The average molecular weight is 296 g/mol. The quantitative estimate of drug-likeness (QED) is 0.785. The number of alkyl halides is 1. The van der Waals surface area contributed by atoms with Crippen LogP contribution < -0.4 is 0 Å². The minimum absolute atomic E-state index is 0.0614. The van der Waals surface area contributed by atoms with Gasteiger partial charge in [-0.05, 0) is 5.56 Å². The van der Waals surface area contributed by atoms with Crippen molar-refractivity contribution in [1.29, 1.82) is 0 Å². The highest BCUT2D eigenvalue weighted by molar-refractivity contribution is 9.09. The zero-order valence-corrected chi connectivity index (χ0v) is 11.9. The van der Waals surface area contributed by atoms with E-state index < -0.39 is 0 Å². The Bertz CT molecular complexity index is 406. The molecule has 1 saturated heterocycles. The number of carbonyl (C=O) groups excluding carboxylic acids is 1. The molecule has 0 spiro atoms. The zero-order chi connectivity index (χ0) is 12.5. The highest BCUT2D eigenvalue weighted by Gasteiger charge is 2.45. The Kier molecular flexibility index (Phi) is 3.57. The fraction of sp³-hybridized carbons (Fsp3) is 0.500. The third-order valence-corrected chi connectivity index (χ3v) is 5.08. The molecule has 2 nitrogen and oxygen atoms in total. The number of hydrogen-bond acceptors (Lipinski definition) is 1. The number of amides is 1. The summed E-state index contributed by atoms with van der Waals surface area (Å²) in [6.07, 6.45) is 0. The van der Waals surface area contributed by atoms with Crippen molar-refractivity contribution in [3.05, 3.63) is 35.9 Å². The van der Waals surface area contributed by atoms with Crippen LogP contribution in [0.2, 0.25) is 0 Å². The molecule has 92 valence electrons. The van der Waals surface area contributed by atoms with E-state index in [0.29, 0.717) is 0 Å². The van der Waals surface area contributed by atoms with Gasteiger partial charge < -0.3 is 4.90 Å². The van der Waals surface area contributed by atoms with E-state index in [1.807, 2.05) is 30.0 Å². The van der Waals surface area contributed by atoms with Gasteiger partial charge in [-0.1, -0.05) is 60.1 Å². The Morgan fingerprint density at radius 1 is 1.41 bits per heavy atom. The predicted molar refractivity (Wildman–Crippen MR) is 72.9 cm³/mol. The number of hydrogen-bond donors (Lipinski definition) is 0. The molecule has 2 rings (SSSR count). The first-order valence-electron chi connectivity index (χ1n) is 5.95. The van der Waals surface area contributed by atoms with Gasteiger partial charge >= 0.3 is 0 Å². The average Bonchev–Trinajstić information content (AvgIpc) is 2.56. The van der Waals surface area contributed by atoms with Crippen molar-refractivity contribution in [2.75, 3.05) is 11.9 Å². The second-order valence-electron chi connectivity index (χ2n) is 5.19. The van der Waals surface area contributed by atoms with Crippen LogP contribution in [0.15, 0.2) is 30.3 Å². The van der Waals surface area contributed by atoms with Crippen molar-refractivity contribution in [2.24, 2.45) is 11.3 Å². The van der Waals surface area contributed by atoms with Gasteiger partial charge in [0.05, 0.1) is 0 Å². The van der Waals surface area contributed by atoms with E-state index in [-0.39, 0.29) is 17.2 Å². The van der Waals surface area contributed by atoms with Crippen molar-refractivity contribution in [2.45, 2.75) is 20.4 Å². The summed E-state index contributed by atoms with van der Waals surface area (Å²) >= 11 is 3.53. The minimum atomic E-state index is 0.0614. The lowest BCUT2D eigenvalue weighted by Crippen LogP contribution is -2.27. The molecule has 3 heteroatoms.